The predicted molar refractivity (Wildman–Crippen MR) is 95.7 cm³/mol. The summed E-state index contributed by atoms with van der Waals surface area (Å²) in [5, 5.41) is 0. The Balaban J connectivity index is 1.60. The van der Waals surface area contributed by atoms with E-state index < -0.39 is 0 Å². The molecular formula is C17H23N7O2. The number of aromatic nitrogens is 5. The van der Waals surface area contributed by atoms with Crippen LogP contribution in [0.1, 0.15) is 17.4 Å². The fraction of sp³-hybridized carbons (Fsp3) is 0.529. The average Bonchev–Trinajstić information content (AvgIpc) is 3.21. The first kappa shape index (κ1) is 16.9. The molecule has 0 aliphatic carbocycles. The van der Waals surface area contributed by atoms with Crippen molar-refractivity contribution >= 4 is 17.0 Å². The van der Waals surface area contributed by atoms with Crippen molar-refractivity contribution in [3.63, 3.8) is 0 Å². The summed E-state index contributed by atoms with van der Waals surface area (Å²) in [7, 11) is 3.98. The first-order valence-electron chi connectivity index (χ1n) is 8.70. The van der Waals surface area contributed by atoms with Crippen molar-refractivity contribution in [1.29, 1.82) is 0 Å². The van der Waals surface area contributed by atoms with Crippen LogP contribution in [-0.2, 0) is 24.9 Å². The quantitative estimate of drug-likeness (QED) is 0.672. The minimum absolute atomic E-state index is 0.615. The Labute approximate surface area is 151 Å². The Morgan fingerprint density at radius 2 is 1.96 bits per heavy atom. The zero-order valence-corrected chi connectivity index (χ0v) is 15.3. The Morgan fingerprint density at radius 1 is 1.15 bits per heavy atom. The van der Waals surface area contributed by atoms with Crippen LogP contribution in [0.2, 0.25) is 0 Å². The van der Waals surface area contributed by atoms with Gasteiger partial charge in [0.2, 0.25) is 0 Å². The Morgan fingerprint density at radius 3 is 2.69 bits per heavy atom. The van der Waals surface area contributed by atoms with E-state index in [0.29, 0.717) is 32.2 Å². The third kappa shape index (κ3) is 3.40. The molecule has 0 atom stereocenters. The second kappa shape index (κ2) is 7.00. The number of imidazole rings is 1. The topological polar surface area (TPSA) is 85.3 Å². The van der Waals surface area contributed by atoms with Gasteiger partial charge in [0, 0.05) is 33.6 Å². The molecule has 0 N–H and O–H groups in total. The van der Waals surface area contributed by atoms with Gasteiger partial charge in [0.25, 0.3) is 0 Å². The number of rotatable bonds is 5. The van der Waals surface area contributed by atoms with Crippen LogP contribution < -0.4 is 4.90 Å². The highest BCUT2D eigenvalue weighted by atomic mass is 16.5. The lowest BCUT2D eigenvalue weighted by Gasteiger charge is -2.28. The molecule has 26 heavy (non-hydrogen) atoms. The summed E-state index contributed by atoms with van der Waals surface area (Å²) in [6, 6.07) is 0. The number of nitrogens with zero attached hydrogens (tertiary/aromatic N) is 7. The molecule has 1 aliphatic heterocycles. The zero-order chi connectivity index (χ0) is 18.1. The van der Waals surface area contributed by atoms with Gasteiger partial charge in [-0.2, -0.15) is 0 Å². The number of aryl methyl sites for hydroxylation is 2. The van der Waals surface area contributed by atoms with Gasteiger partial charge in [-0.3, -0.25) is 4.90 Å². The molecule has 0 aromatic carbocycles. The van der Waals surface area contributed by atoms with Crippen LogP contribution in [0.4, 0.5) is 5.82 Å². The van der Waals surface area contributed by atoms with E-state index in [1.807, 2.05) is 25.6 Å². The van der Waals surface area contributed by atoms with Crippen LogP contribution >= 0.6 is 0 Å². The van der Waals surface area contributed by atoms with Gasteiger partial charge in [0.05, 0.1) is 31.8 Å². The third-order valence-electron chi connectivity index (χ3n) is 4.41. The van der Waals surface area contributed by atoms with E-state index in [9.17, 15) is 0 Å². The van der Waals surface area contributed by atoms with Gasteiger partial charge in [-0.15, -0.1) is 0 Å². The Bertz CT molecular complexity index is 898. The summed E-state index contributed by atoms with van der Waals surface area (Å²) in [5.74, 6) is 2.33. The summed E-state index contributed by atoms with van der Waals surface area (Å²) in [6.45, 7) is 6.18. The molecule has 4 rings (SSSR count). The molecule has 4 heterocycles. The molecule has 0 amide bonds. The van der Waals surface area contributed by atoms with E-state index in [1.54, 1.807) is 12.6 Å². The fourth-order valence-electron chi connectivity index (χ4n) is 3.16. The lowest BCUT2D eigenvalue weighted by atomic mass is 10.3. The number of anilines is 1. The molecule has 138 valence electrons. The first-order chi connectivity index (χ1) is 12.6. The number of hydrogen-bond acceptors (Lipinski definition) is 8. The summed E-state index contributed by atoms with van der Waals surface area (Å²) in [4.78, 5) is 22.8. The average molecular weight is 357 g/mol. The van der Waals surface area contributed by atoms with Crippen molar-refractivity contribution in [3.8, 4) is 0 Å². The third-order valence-corrected chi connectivity index (χ3v) is 4.41. The normalized spacial score (nSPS) is 15.3. The smallest absolute Gasteiger partial charge is 0.191 e. The zero-order valence-electron chi connectivity index (χ0n) is 15.3. The van der Waals surface area contributed by atoms with Crippen LogP contribution in [0.5, 0.6) is 0 Å². The Kier molecular flexibility index (Phi) is 4.56. The minimum atomic E-state index is 0.615. The van der Waals surface area contributed by atoms with Crippen molar-refractivity contribution in [2.75, 3.05) is 38.3 Å². The molecule has 9 heteroatoms. The monoisotopic (exact) mass is 357 g/mol. The van der Waals surface area contributed by atoms with Crippen LogP contribution in [0.15, 0.2) is 17.0 Å². The van der Waals surface area contributed by atoms with Gasteiger partial charge in [0.15, 0.2) is 22.9 Å². The molecule has 1 saturated heterocycles. The van der Waals surface area contributed by atoms with Crippen LogP contribution in [0, 0.1) is 6.92 Å². The highest BCUT2D eigenvalue weighted by molar-refractivity contribution is 5.83. The number of hydrogen-bond donors (Lipinski definition) is 0. The molecular weight excluding hydrogens is 334 g/mol. The van der Waals surface area contributed by atoms with E-state index in [4.69, 9.17) is 19.1 Å². The Hall–Kier alpha value is -2.52. The second-order valence-corrected chi connectivity index (χ2v) is 6.62. The number of fused-ring (bicyclic) bond motifs is 1. The van der Waals surface area contributed by atoms with Crippen molar-refractivity contribution in [2.45, 2.75) is 20.0 Å². The van der Waals surface area contributed by atoms with Crippen molar-refractivity contribution in [1.82, 2.24) is 29.4 Å². The highest BCUT2D eigenvalue weighted by Gasteiger charge is 2.20. The van der Waals surface area contributed by atoms with E-state index >= 15 is 0 Å². The highest BCUT2D eigenvalue weighted by Crippen LogP contribution is 2.23. The van der Waals surface area contributed by atoms with Gasteiger partial charge < -0.3 is 18.6 Å². The van der Waals surface area contributed by atoms with Crippen LogP contribution in [-0.4, -0.2) is 62.8 Å². The van der Waals surface area contributed by atoms with E-state index in [2.05, 4.69) is 19.8 Å². The second-order valence-electron chi connectivity index (χ2n) is 6.62. The summed E-state index contributed by atoms with van der Waals surface area (Å²) >= 11 is 0. The first-order valence-corrected chi connectivity index (χ1v) is 8.70. The van der Waals surface area contributed by atoms with E-state index in [0.717, 1.165) is 41.6 Å². The molecule has 1 aliphatic rings. The maximum absolute atomic E-state index is 5.47. The van der Waals surface area contributed by atoms with Gasteiger partial charge in [0.1, 0.15) is 12.1 Å². The standard InChI is InChI=1S/C17H23N7O2/c1-12-19-13(10-26-12)8-22(2)9-14-20-16-15(18-11-23(16)3)17(21-14)24-4-6-25-7-5-24/h10-11H,4-9H2,1-3H3. The van der Waals surface area contributed by atoms with Gasteiger partial charge >= 0.3 is 0 Å². The summed E-state index contributed by atoms with van der Waals surface area (Å²) in [5.41, 5.74) is 2.59. The minimum Gasteiger partial charge on any atom is -0.449 e. The number of morpholine rings is 1. The van der Waals surface area contributed by atoms with Gasteiger partial charge in [-0.1, -0.05) is 0 Å². The van der Waals surface area contributed by atoms with Crippen molar-refractivity contribution in [2.24, 2.45) is 7.05 Å². The lowest BCUT2D eigenvalue weighted by molar-refractivity contribution is 0.122. The van der Waals surface area contributed by atoms with Crippen molar-refractivity contribution in [3.05, 3.63) is 30.0 Å². The number of oxazole rings is 1. The molecule has 0 unspecified atom stereocenters. The molecule has 1 fully saturated rings. The van der Waals surface area contributed by atoms with E-state index in [-0.39, 0.29) is 0 Å². The van der Waals surface area contributed by atoms with E-state index in [1.165, 1.54) is 0 Å². The predicted octanol–water partition coefficient (Wildman–Crippen LogP) is 1.13. The number of ether oxygens (including phenoxy) is 1. The van der Waals surface area contributed by atoms with Crippen LogP contribution in [0.25, 0.3) is 11.2 Å². The van der Waals surface area contributed by atoms with Crippen LogP contribution in [0.3, 0.4) is 0 Å². The van der Waals surface area contributed by atoms with Gasteiger partial charge in [-0.25, -0.2) is 19.9 Å². The maximum Gasteiger partial charge on any atom is 0.191 e. The molecule has 0 radical (unpaired) electrons. The van der Waals surface area contributed by atoms with Gasteiger partial charge in [-0.05, 0) is 7.05 Å². The summed E-state index contributed by atoms with van der Waals surface area (Å²) < 4.78 is 12.7. The molecule has 3 aromatic heterocycles. The molecule has 9 nitrogen and oxygen atoms in total. The molecule has 0 saturated carbocycles. The van der Waals surface area contributed by atoms with Crippen molar-refractivity contribution < 1.29 is 9.15 Å². The molecule has 0 spiro atoms. The molecule has 0 bridgehead atoms. The largest absolute Gasteiger partial charge is 0.449 e. The summed E-state index contributed by atoms with van der Waals surface area (Å²) in [6.07, 6.45) is 3.48. The fourth-order valence-corrected chi connectivity index (χ4v) is 3.16. The maximum atomic E-state index is 5.47. The molecule has 3 aromatic rings. The lowest BCUT2D eigenvalue weighted by Crippen LogP contribution is -2.37. The SMILES string of the molecule is Cc1nc(CN(C)Cc2nc(N3CCOCC3)c3ncn(C)c3n2)co1.